The summed E-state index contributed by atoms with van der Waals surface area (Å²) in [6.07, 6.45) is 0.689. The first-order valence-corrected chi connectivity index (χ1v) is 10.4. The SMILES string of the molecule is CC(C)=O.CCC(=O)c1ccccc1C(=O)OOC.CCC(=O)c1ccccc1C(=O)OOC. The standard InChI is InChI=1S/2C11H12O4.C3H6O/c2*1-3-10(12)8-6-4-5-7-9(8)11(13)15-14-2;1-3(2)4/h2*4-7H,3H2,1-2H3;1-2H3. The summed E-state index contributed by atoms with van der Waals surface area (Å²) < 4.78 is 0. The van der Waals surface area contributed by atoms with Crippen LogP contribution in [0.4, 0.5) is 0 Å². The second-order valence-electron chi connectivity index (χ2n) is 6.63. The topological polar surface area (TPSA) is 122 Å². The zero-order valence-corrected chi connectivity index (χ0v) is 20.2. The number of rotatable bonds is 8. The van der Waals surface area contributed by atoms with E-state index in [1.807, 2.05) is 0 Å². The van der Waals surface area contributed by atoms with E-state index in [-0.39, 0.29) is 28.5 Å². The molecule has 0 bridgehead atoms. The van der Waals surface area contributed by atoms with Crippen molar-refractivity contribution in [3.63, 3.8) is 0 Å². The monoisotopic (exact) mass is 474 g/mol. The maximum Gasteiger partial charge on any atom is 0.373 e. The van der Waals surface area contributed by atoms with Gasteiger partial charge in [0.25, 0.3) is 0 Å². The van der Waals surface area contributed by atoms with Crippen molar-refractivity contribution in [1.82, 2.24) is 0 Å². The van der Waals surface area contributed by atoms with Crippen LogP contribution < -0.4 is 0 Å². The molecule has 0 aliphatic heterocycles. The molecule has 0 fully saturated rings. The minimum Gasteiger partial charge on any atom is -0.300 e. The molecule has 0 N–H and O–H groups in total. The molecule has 0 heterocycles. The Morgan fingerprint density at radius 1 is 0.588 bits per heavy atom. The van der Waals surface area contributed by atoms with Crippen molar-refractivity contribution in [2.24, 2.45) is 0 Å². The molecule has 0 radical (unpaired) electrons. The fourth-order valence-electron chi connectivity index (χ4n) is 2.43. The van der Waals surface area contributed by atoms with Gasteiger partial charge in [-0.15, -0.1) is 0 Å². The lowest BCUT2D eigenvalue weighted by Gasteiger charge is -2.05. The van der Waals surface area contributed by atoms with Crippen LogP contribution in [-0.2, 0) is 24.3 Å². The highest BCUT2D eigenvalue weighted by atomic mass is 17.2. The van der Waals surface area contributed by atoms with Gasteiger partial charge in [0.1, 0.15) is 5.78 Å². The minimum absolute atomic E-state index is 0.0985. The summed E-state index contributed by atoms with van der Waals surface area (Å²) >= 11 is 0. The van der Waals surface area contributed by atoms with Crippen LogP contribution in [0.1, 0.15) is 82.0 Å². The number of carbonyl (C=O) groups excluding carboxylic acids is 5. The van der Waals surface area contributed by atoms with Gasteiger partial charge in [0.2, 0.25) is 0 Å². The predicted octanol–water partition coefficient (Wildman–Crippen LogP) is 4.59. The van der Waals surface area contributed by atoms with E-state index in [1.165, 1.54) is 40.2 Å². The van der Waals surface area contributed by atoms with E-state index in [9.17, 15) is 24.0 Å². The number of Topliss-reactive ketones (excluding diaryl/α,β-unsaturated/α-hetero) is 3. The van der Waals surface area contributed by atoms with Gasteiger partial charge < -0.3 is 4.79 Å². The summed E-state index contributed by atoms with van der Waals surface area (Å²) in [5, 5.41) is 0. The molecule has 2 aromatic carbocycles. The maximum absolute atomic E-state index is 11.5. The molecule has 0 unspecified atom stereocenters. The van der Waals surface area contributed by atoms with Crippen LogP contribution in [0.25, 0.3) is 0 Å². The van der Waals surface area contributed by atoms with Crippen LogP contribution in [0.15, 0.2) is 48.5 Å². The summed E-state index contributed by atoms with van der Waals surface area (Å²) in [6, 6.07) is 13.0. The molecule has 0 amide bonds. The lowest BCUT2D eigenvalue weighted by molar-refractivity contribution is -0.216. The Hall–Kier alpha value is -3.69. The first-order valence-electron chi connectivity index (χ1n) is 10.4. The molecule has 9 nitrogen and oxygen atoms in total. The third-order valence-corrected chi connectivity index (χ3v) is 3.86. The fraction of sp³-hybridized carbons (Fsp3) is 0.320. The van der Waals surface area contributed by atoms with Gasteiger partial charge in [-0.25, -0.2) is 9.59 Å². The van der Waals surface area contributed by atoms with Gasteiger partial charge in [-0.2, -0.15) is 9.78 Å². The normalized spacial score (nSPS) is 9.35. The quantitative estimate of drug-likeness (QED) is 0.307. The highest BCUT2D eigenvalue weighted by molar-refractivity contribution is 6.06. The van der Waals surface area contributed by atoms with Crippen LogP contribution >= 0.6 is 0 Å². The van der Waals surface area contributed by atoms with Crippen LogP contribution in [0.3, 0.4) is 0 Å². The van der Waals surface area contributed by atoms with Crippen molar-refractivity contribution in [3.05, 3.63) is 70.8 Å². The van der Waals surface area contributed by atoms with Crippen molar-refractivity contribution in [1.29, 1.82) is 0 Å². The maximum atomic E-state index is 11.5. The summed E-state index contributed by atoms with van der Waals surface area (Å²) in [4.78, 5) is 72.5. The summed E-state index contributed by atoms with van der Waals surface area (Å²) in [6.45, 7) is 6.53. The fourth-order valence-corrected chi connectivity index (χ4v) is 2.43. The molecule has 0 saturated carbocycles. The summed E-state index contributed by atoms with van der Waals surface area (Å²) in [5.74, 6) is -1.35. The Morgan fingerprint density at radius 2 is 0.853 bits per heavy atom. The molecule has 0 spiro atoms. The molecule has 0 aliphatic rings. The van der Waals surface area contributed by atoms with E-state index >= 15 is 0 Å². The van der Waals surface area contributed by atoms with Gasteiger partial charge in [0.05, 0.1) is 25.3 Å². The van der Waals surface area contributed by atoms with Crippen LogP contribution in [0, 0.1) is 0 Å². The average Bonchev–Trinajstić information content (AvgIpc) is 2.83. The Morgan fingerprint density at radius 3 is 1.09 bits per heavy atom. The van der Waals surface area contributed by atoms with Crippen molar-refractivity contribution in [3.8, 4) is 0 Å². The number of hydrogen-bond acceptors (Lipinski definition) is 9. The Kier molecular flexibility index (Phi) is 15.0. The highest BCUT2D eigenvalue weighted by Gasteiger charge is 2.17. The Labute approximate surface area is 198 Å². The van der Waals surface area contributed by atoms with Crippen LogP contribution in [0.5, 0.6) is 0 Å². The first-order chi connectivity index (χ1) is 16.1. The molecule has 0 atom stereocenters. The lowest BCUT2D eigenvalue weighted by atomic mass is 10.0. The predicted molar refractivity (Wildman–Crippen MR) is 123 cm³/mol. The van der Waals surface area contributed by atoms with Crippen molar-refractivity contribution in [2.45, 2.75) is 40.5 Å². The molecule has 2 aromatic rings. The van der Waals surface area contributed by atoms with Crippen molar-refractivity contribution < 1.29 is 43.5 Å². The summed E-state index contributed by atoms with van der Waals surface area (Å²) in [5.41, 5.74) is 1.18. The van der Waals surface area contributed by atoms with E-state index < -0.39 is 11.9 Å². The van der Waals surface area contributed by atoms with E-state index in [4.69, 9.17) is 0 Å². The number of carbonyl (C=O) groups is 5. The second kappa shape index (κ2) is 16.9. The molecule has 34 heavy (non-hydrogen) atoms. The van der Waals surface area contributed by atoms with Gasteiger partial charge in [-0.05, 0) is 26.0 Å². The largest absolute Gasteiger partial charge is 0.373 e. The molecule has 0 aromatic heterocycles. The zero-order chi connectivity index (χ0) is 26.1. The first kappa shape index (κ1) is 30.3. The Bertz CT molecular complexity index is 902. The van der Waals surface area contributed by atoms with Gasteiger partial charge in [0.15, 0.2) is 11.6 Å². The molecule has 0 saturated heterocycles. The lowest BCUT2D eigenvalue weighted by Crippen LogP contribution is -2.10. The molecular formula is C25H30O9. The van der Waals surface area contributed by atoms with E-state index in [0.717, 1.165) is 0 Å². The minimum atomic E-state index is -0.658. The smallest absolute Gasteiger partial charge is 0.300 e. The molecule has 184 valence electrons. The second-order valence-corrected chi connectivity index (χ2v) is 6.63. The Balaban J connectivity index is 0.000000554. The highest BCUT2D eigenvalue weighted by Crippen LogP contribution is 2.13. The van der Waals surface area contributed by atoms with Gasteiger partial charge in [0, 0.05) is 24.0 Å². The van der Waals surface area contributed by atoms with E-state index in [0.29, 0.717) is 24.0 Å². The van der Waals surface area contributed by atoms with Gasteiger partial charge >= 0.3 is 11.9 Å². The number of benzene rings is 2. The third kappa shape index (κ3) is 10.8. The molecule has 9 heteroatoms. The van der Waals surface area contributed by atoms with Crippen molar-refractivity contribution in [2.75, 3.05) is 14.2 Å². The van der Waals surface area contributed by atoms with Crippen LogP contribution in [-0.4, -0.2) is 43.5 Å². The van der Waals surface area contributed by atoms with E-state index in [2.05, 4.69) is 19.6 Å². The molecule has 0 aliphatic carbocycles. The van der Waals surface area contributed by atoms with Gasteiger partial charge in [-0.3, -0.25) is 19.4 Å². The molecular weight excluding hydrogens is 444 g/mol. The van der Waals surface area contributed by atoms with Gasteiger partial charge in [-0.1, -0.05) is 50.2 Å². The molecule has 2 rings (SSSR count). The number of hydrogen-bond donors (Lipinski definition) is 0. The average molecular weight is 475 g/mol. The van der Waals surface area contributed by atoms with Crippen molar-refractivity contribution >= 4 is 29.3 Å². The zero-order valence-electron chi connectivity index (χ0n) is 20.2. The van der Waals surface area contributed by atoms with E-state index in [1.54, 1.807) is 50.2 Å². The third-order valence-electron chi connectivity index (χ3n) is 3.86. The number of ketones is 3. The summed E-state index contributed by atoms with van der Waals surface area (Å²) in [7, 11) is 2.48. The van der Waals surface area contributed by atoms with Crippen LogP contribution in [0.2, 0.25) is 0 Å².